The number of aryl methyl sites for hydroxylation is 1. The van der Waals surface area contributed by atoms with Gasteiger partial charge in [0.2, 0.25) is 0 Å². The first-order chi connectivity index (χ1) is 12.6. The molecule has 0 aliphatic rings. The molecular weight excluding hydrogens is 332 g/mol. The van der Waals surface area contributed by atoms with Gasteiger partial charge in [0.25, 0.3) is 0 Å². The average Bonchev–Trinajstić information content (AvgIpc) is 3.04. The van der Waals surface area contributed by atoms with Crippen molar-refractivity contribution in [3.63, 3.8) is 0 Å². The second-order valence-corrected chi connectivity index (χ2v) is 5.78. The molecule has 6 nitrogen and oxygen atoms in total. The smallest absolute Gasteiger partial charge is 0.330 e. The van der Waals surface area contributed by atoms with Crippen LogP contribution in [0.4, 0.5) is 10.5 Å². The Morgan fingerprint density at radius 1 is 1.08 bits per heavy atom. The van der Waals surface area contributed by atoms with E-state index in [2.05, 4.69) is 5.32 Å². The lowest BCUT2D eigenvalue weighted by atomic mass is 10.1. The van der Waals surface area contributed by atoms with E-state index in [0.29, 0.717) is 17.9 Å². The van der Waals surface area contributed by atoms with Gasteiger partial charge in [-0.15, -0.1) is 0 Å². The Bertz CT molecular complexity index is 932. The van der Waals surface area contributed by atoms with E-state index in [1.165, 1.54) is 7.11 Å². The number of benzene rings is 2. The normalized spacial score (nSPS) is 10.5. The summed E-state index contributed by atoms with van der Waals surface area (Å²) in [5.41, 5.74) is 2.34. The molecule has 0 aliphatic heterocycles. The highest BCUT2D eigenvalue weighted by Gasteiger charge is 2.15. The van der Waals surface area contributed by atoms with Crippen molar-refractivity contribution in [2.45, 2.75) is 12.8 Å². The quantitative estimate of drug-likeness (QED) is 0.709. The average molecular weight is 352 g/mol. The number of nitrogens with one attached hydrogen (secondary N) is 1. The number of ether oxygens (including phenoxy) is 2. The molecule has 0 radical (unpaired) electrons. The molecule has 1 amide bonds. The van der Waals surface area contributed by atoms with Crippen molar-refractivity contribution >= 4 is 28.6 Å². The summed E-state index contributed by atoms with van der Waals surface area (Å²) < 4.78 is 11.6. The Morgan fingerprint density at radius 3 is 2.54 bits per heavy atom. The van der Waals surface area contributed by atoms with E-state index < -0.39 is 0 Å². The van der Waals surface area contributed by atoms with Gasteiger partial charge in [-0.2, -0.15) is 0 Å². The molecule has 1 heterocycles. The summed E-state index contributed by atoms with van der Waals surface area (Å²) in [5, 5.41) is 3.74. The van der Waals surface area contributed by atoms with Crippen LogP contribution < -0.4 is 10.1 Å². The third-order valence-electron chi connectivity index (χ3n) is 4.16. The number of amides is 1. The maximum Gasteiger partial charge on any atom is 0.330 e. The molecule has 3 aromatic rings. The zero-order valence-corrected chi connectivity index (χ0v) is 14.7. The molecule has 2 aromatic carbocycles. The van der Waals surface area contributed by atoms with Crippen molar-refractivity contribution in [1.29, 1.82) is 0 Å². The van der Waals surface area contributed by atoms with E-state index in [4.69, 9.17) is 9.47 Å². The first kappa shape index (κ1) is 17.5. The highest BCUT2D eigenvalue weighted by atomic mass is 16.5. The van der Waals surface area contributed by atoms with Crippen molar-refractivity contribution in [3.05, 3.63) is 60.3 Å². The first-order valence-electron chi connectivity index (χ1n) is 8.23. The summed E-state index contributed by atoms with van der Waals surface area (Å²) in [6.45, 7) is 0. The molecule has 0 saturated carbocycles. The number of fused-ring (bicyclic) bond motifs is 1. The Kier molecular flexibility index (Phi) is 5.22. The fourth-order valence-corrected chi connectivity index (χ4v) is 2.82. The molecule has 0 aliphatic carbocycles. The van der Waals surface area contributed by atoms with Crippen molar-refractivity contribution in [3.8, 4) is 5.75 Å². The molecule has 26 heavy (non-hydrogen) atoms. The van der Waals surface area contributed by atoms with Gasteiger partial charge in [-0.1, -0.05) is 18.2 Å². The molecule has 1 aromatic heterocycles. The zero-order valence-electron chi connectivity index (χ0n) is 14.7. The lowest BCUT2D eigenvalue weighted by Crippen LogP contribution is -2.18. The number of carbonyl (C=O) groups is 2. The largest absolute Gasteiger partial charge is 0.497 e. The molecular formula is C20H20N2O4. The van der Waals surface area contributed by atoms with E-state index in [1.807, 2.05) is 42.5 Å². The van der Waals surface area contributed by atoms with Gasteiger partial charge in [0.15, 0.2) is 0 Å². The number of hydrogen-bond donors (Lipinski definition) is 1. The number of para-hydroxylation sites is 1. The Morgan fingerprint density at radius 2 is 1.85 bits per heavy atom. The topological polar surface area (TPSA) is 69.6 Å². The molecule has 0 spiro atoms. The van der Waals surface area contributed by atoms with Crippen LogP contribution in [0.5, 0.6) is 5.75 Å². The van der Waals surface area contributed by atoms with Gasteiger partial charge in [-0.3, -0.25) is 9.36 Å². The van der Waals surface area contributed by atoms with E-state index in [-0.39, 0.29) is 18.4 Å². The second kappa shape index (κ2) is 7.74. The summed E-state index contributed by atoms with van der Waals surface area (Å²) in [6, 6.07) is 14.5. The summed E-state index contributed by atoms with van der Waals surface area (Å²) >= 11 is 0. The number of anilines is 1. The minimum atomic E-state index is -0.289. The monoisotopic (exact) mass is 352 g/mol. The first-order valence-corrected chi connectivity index (χ1v) is 8.23. The number of nitrogens with zero attached hydrogens (tertiary/aromatic N) is 1. The van der Waals surface area contributed by atoms with E-state index in [1.54, 1.807) is 23.9 Å². The number of hydrogen-bond acceptors (Lipinski definition) is 4. The van der Waals surface area contributed by atoms with E-state index >= 15 is 0 Å². The molecule has 134 valence electrons. The van der Waals surface area contributed by atoms with Crippen LogP contribution in [0.15, 0.2) is 54.7 Å². The summed E-state index contributed by atoms with van der Waals surface area (Å²) in [4.78, 5) is 24.2. The number of methoxy groups -OCH3 is 2. The van der Waals surface area contributed by atoms with Crippen LogP contribution in [0.2, 0.25) is 0 Å². The summed E-state index contributed by atoms with van der Waals surface area (Å²) in [5.74, 6) is 0.403. The standard InChI is InChI=1S/C20H20N2O4/c1-25-16-9-10-18-17(12-16)14(8-11-19(23)26-2)13-22(18)20(24)21-15-6-4-3-5-7-15/h3-7,9-10,12-13H,8,11H2,1-2H3,(H,21,24). The Balaban J connectivity index is 1.96. The van der Waals surface area contributed by atoms with Crippen LogP contribution in [0.25, 0.3) is 10.9 Å². The van der Waals surface area contributed by atoms with Gasteiger partial charge in [0, 0.05) is 23.7 Å². The van der Waals surface area contributed by atoms with Crippen LogP contribution in [0.1, 0.15) is 12.0 Å². The maximum absolute atomic E-state index is 12.7. The minimum Gasteiger partial charge on any atom is -0.497 e. The zero-order chi connectivity index (χ0) is 18.5. The number of carbonyl (C=O) groups excluding carboxylic acids is 2. The van der Waals surface area contributed by atoms with Crippen molar-refractivity contribution in [2.24, 2.45) is 0 Å². The number of esters is 1. The van der Waals surface area contributed by atoms with Gasteiger partial charge in [-0.25, -0.2) is 4.79 Å². The van der Waals surface area contributed by atoms with Gasteiger partial charge in [0.05, 0.1) is 19.7 Å². The third kappa shape index (κ3) is 3.69. The minimum absolute atomic E-state index is 0.243. The SMILES string of the molecule is COC(=O)CCc1cn(C(=O)Nc2ccccc2)c2ccc(OC)cc12. The fourth-order valence-electron chi connectivity index (χ4n) is 2.82. The summed E-state index contributed by atoms with van der Waals surface area (Å²) in [7, 11) is 2.95. The summed E-state index contributed by atoms with van der Waals surface area (Å²) in [6.07, 6.45) is 2.47. The Hall–Kier alpha value is -3.28. The van der Waals surface area contributed by atoms with Crippen LogP contribution >= 0.6 is 0 Å². The van der Waals surface area contributed by atoms with Gasteiger partial charge >= 0.3 is 12.0 Å². The number of aromatic nitrogens is 1. The molecule has 0 atom stereocenters. The number of rotatable bonds is 5. The van der Waals surface area contributed by atoms with Crippen molar-refractivity contribution < 1.29 is 19.1 Å². The molecule has 0 bridgehead atoms. The highest BCUT2D eigenvalue weighted by Crippen LogP contribution is 2.27. The second-order valence-electron chi connectivity index (χ2n) is 5.78. The lowest BCUT2D eigenvalue weighted by Gasteiger charge is -2.07. The van der Waals surface area contributed by atoms with Crippen LogP contribution in [-0.4, -0.2) is 30.8 Å². The molecule has 6 heteroatoms. The molecule has 0 saturated heterocycles. The van der Waals surface area contributed by atoms with E-state index in [0.717, 1.165) is 16.5 Å². The molecule has 3 rings (SSSR count). The fraction of sp³-hybridized carbons (Fsp3) is 0.200. The third-order valence-corrected chi connectivity index (χ3v) is 4.16. The predicted octanol–water partition coefficient (Wildman–Crippen LogP) is 3.84. The van der Waals surface area contributed by atoms with E-state index in [9.17, 15) is 9.59 Å². The van der Waals surface area contributed by atoms with Crippen LogP contribution in [0.3, 0.4) is 0 Å². The molecule has 0 unspecified atom stereocenters. The predicted molar refractivity (Wildman–Crippen MR) is 99.7 cm³/mol. The lowest BCUT2D eigenvalue weighted by molar-refractivity contribution is -0.140. The molecule has 1 N–H and O–H groups in total. The Labute approximate surface area is 151 Å². The van der Waals surface area contributed by atoms with Gasteiger partial charge < -0.3 is 14.8 Å². The van der Waals surface area contributed by atoms with Crippen molar-refractivity contribution in [1.82, 2.24) is 4.57 Å². The van der Waals surface area contributed by atoms with Crippen LogP contribution in [-0.2, 0) is 16.0 Å². The maximum atomic E-state index is 12.7. The highest BCUT2D eigenvalue weighted by molar-refractivity contribution is 6.00. The van der Waals surface area contributed by atoms with Crippen molar-refractivity contribution in [2.75, 3.05) is 19.5 Å². The van der Waals surface area contributed by atoms with Gasteiger partial charge in [0.1, 0.15) is 5.75 Å². The van der Waals surface area contributed by atoms with Gasteiger partial charge in [-0.05, 0) is 42.3 Å². The van der Waals surface area contributed by atoms with Crippen LogP contribution in [0, 0.1) is 0 Å². The molecule has 0 fully saturated rings.